The highest BCUT2D eigenvalue weighted by Crippen LogP contribution is 2.42. The highest BCUT2D eigenvalue weighted by Gasteiger charge is 2.19. The molecule has 134 valence electrons. The van der Waals surface area contributed by atoms with E-state index in [1.165, 1.54) is 18.3 Å². The van der Waals surface area contributed by atoms with Crippen molar-refractivity contribution in [1.82, 2.24) is 5.32 Å². The molecule has 0 saturated heterocycles. The van der Waals surface area contributed by atoms with E-state index in [0.717, 1.165) is 5.56 Å². The average molecular weight is 365 g/mol. The summed E-state index contributed by atoms with van der Waals surface area (Å²) in [6, 6.07) is 12.9. The fraction of sp³-hybridized carbons (Fsp3) is 0.176. The SMILES string of the molecule is N/C=C(\N)COc1ccc(C(NCc2ccc(F)cc2)P(O)O)cc1. The molecule has 1 atom stereocenters. The van der Waals surface area contributed by atoms with Crippen molar-refractivity contribution in [1.29, 1.82) is 0 Å². The van der Waals surface area contributed by atoms with Crippen LogP contribution in [0.4, 0.5) is 4.39 Å². The van der Waals surface area contributed by atoms with Crippen LogP contribution in [0.3, 0.4) is 0 Å². The van der Waals surface area contributed by atoms with E-state index in [1.54, 1.807) is 36.4 Å². The number of benzene rings is 2. The summed E-state index contributed by atoms with van der Waals surface area (Å²) < 4.78 is 18.4. The molecule has 0 aliphatic carbocycles. The average Bonchev–Trinajstić information content (AvgIpc) is 2.62. The molecule has 0 radical (unpaired) electrons. The Morgan fingerprint density at radius 2 is 1.80 bits per heavy atom. The Labute approximate surface area is 146 Å². The minimum Gasteiger partial charge on any atom is -0.487 e. The number of halogens is 1. The quantitative estimate of drug-likeness (QED) is 0.458. The molecule has 0 spiro atoms. The van der Waals surface area contributed by atoms with Gasteiger partial charge in [-0.3, -0.25) is 5.32 Å². The lowest BCUT2D eigenvalue weighted by Gasteiger charge is -2.20. The predicted molar refractivity (Wildman–Crippen MR) is 95.7 cm³/mol. The molecule has 0 bridgehead atoms. The molecule has 6 nitrogen and oxygen atoms in total. The molecule has 0 aromatic heterocycles. The molecule has 2 aromatic carbocycles. The van der Waals surface area contributed by atoms with Gasteiger partial charge in [0.1, 0.15) is 24.0 Å². The van der Waals surface area contributed by atoms with Crippen molar-refractivity contribution in [3.63, 3.8) is 0 Å². The van der Waals surface area contributed by atoms with Crippen LogP contribution in [0.5, 0.6) is 5.75 Å². The lowest BCUT2D eigenvalue weighted by Crippen LogP contribution is -2.19. The Balaban J connectivity index is 2.00. The second-order valence-electron chi connectivity index (χ2n) is 5.33. The zero-order chi connectivity index (χ0) is 18.2. The van der Waals surface area contributed by atoms with Gasteiger partial charge in [-0.1, -0.05) is 24.3 Å². The molecule has 0 aliphatic rings. The highest BCUT2D eigenvalue weighted by atomic mass is 31.2. The molecule has 1 unspecified atom stereocenters. The number of ether oxygens (including phenoxy) is 1. The van der Waals surface area contributed by atoms with Crippen LogP contribution in [-0.4, -0.2) is 16.4 Å². The van der Waals surface area contributed by atoms with Gasteiger partial charge in [-0.25, -0.2) is 4.39 Å². The summed E-state index contributed by atoms with van der Waals surface area (Å²) in [5.74, 6) is -0.360. The van der Waals surface area contributed by atoms with Crippen LogP contribution in [0.1, 0.15) is 16.9 Å². The molecule has 8 heteroatoms. The summed E-state index contributed by atoms with van der Waals surface area (Å²) in [5.41, 5.74) is 12.8. The van der Waals surface area contributed by atoms with E-state index in [9.17, 15) is 14.2 Å². The van der Waals surface area contributed by atoms with Gasteiger partial charge >= 0.3 is 0 Å². The van der Waals surface area contributed by atoms with E-state index >= 15 is 0 Å². The van der Waals surface area contributed by atoms with Gasteiger partial charge in [-0.15, -0.1) is 0 Å². The first kappa shape index (κ1) is 19.1. The molecule has 0 saturated carbocycles. The second kappa shape index (κ2) is 9.34. The zero-order valence-electron chi connectivity index (χ0n) is 13.5. The summed E-state index contributed by atoms with van der Waals surface area (Å²) in [7, 11) is -2.24. The Hall–Kier alpha value is -2.18. The molecule has 0 fully saturated rings. The summed E-state index contributed by atoms with van der Waals surface area (Å²) in [5, 5.41) is 3.07. The van der Waals surface area contributed by atoms with E-state index in [4.69, 9.17) is 16.2 Å². The third-order valence-electron chi connectivity index (χ3n) is 3.46. The van der Waals surface area contributed by atoms with Crippen molar-refractivity contribution in [2.75, 3.05) is 6.61 Å². The fourth-order valence-electron chi connectivity index (χ4n) is 2.11. The standard InChI is InChI=1S/C17H21FN3O3P/c18-14-5-1-12(2-6-14)10-21-17(25(22)23)13-3-7-16(8-4-13)24-11-15(20)9-19/h1-9,17,21-23H,10-11,19-20H2/b15-9-. The molecular weight excluding hydrogens is 344 g/mol. The summed E-state index contributed by atoms with van der Waals surface area (Å²) in [6.45, 7) is 0.551. The van der Waals surface area contributed by atoms with Gasteiger partial charge in [0.05, 0.1) is 5.70 Å². The van der Waals surface area contributed by atoms with Crippen molar-refractivity contribution in [2.45, 2.75) is 12.3 Å². The monoisotopic (exact) mass is 365 g/mol. The second-order valence-corrected chi connectivity index (χ2v) is 6.49. The van der Waals surface area contributed by atoms with Crippen molar-refractivity contribution < 1.29 is 18.9 Å². The van der Waals surface area contributed by atoms with Gasteiger partial charge in [0, 0.05) is 12.7 Å². The van der Waals surface area contributed by atoms with Crippen LogP contribution in [0.2, 0.25) is 0 Å². The van der Waals surface area contributed by atoms with Gasteiger partial charge in [0.25, 0.3) is 0 Å². The topological polar surface area (TPSA) is 114 Å². The van der Waals surface area contributed by atoms with Crippen molar-refractivity contribution >= 4 is 8.38 Å². The third kappa shape index (κ3) is 5.99. The summed E-state index contributed by atoms with van der Waals surface area (Å²) in [4.78, 5) is 19.4. The normalized spacial score (nSPS) is 13.0. The number of hydrogen-bond donors (Lipinski definition) is 5. The van der Waals surface area contributed by atoms with Gasteiger partial charge in [0.15, 0.2) is 8.38 Å². The lowest BCUT2D eigenvalue weighted by molar-refractivity contribution is 0.350. The lowest BCUT2D eigenvalue weighted by atomic mass is 10.2. The van der Waals surface area contributed by atoms with E-state index in [-0.39, 0.29) is 12.4 Å². The molecular formula is C17H21FN3O3P. The summed E-state index contributed by atoms with van der Waals surface area (Å²) >= 11 is 0. The molecule has 0 heterocycles. The van der Waals surface area contributed by atoms with E-state index < -0.39 is 14.2 Å². The maximum Gasteiger partial charge on any atom is 0.188 e. The molecule has 2 rings (SSSR count). The van der Waals surface area contributed by atoms with Crippen molar-refractivity contribution in [2.24, 2.45) is 11.5 Å². The van der Waals surface area contributed by atoms with Crippen LogP contribution in [0.15, 0.2) is 60.4 Å². The molecule has 0 amide bonds. The van der Waals surface area contributed by atoms with Crippen molar-refractivity contribution in [3.05, 3.63) is 77.4 Å². The van der Waals surface area contributed by atoms with Crippen LogP contribution in [0, 0.1) is 5.82 Å². The minimum atomic E-state index is -2.24. The first-order valence-electron chi connectivity index (χ1n) is 7.53. The fourth-order valence-corrected chi connectivity index (χ4v) is 2.80. The molecule has 7 N–H and O–H groups in total. The van der Waals surface area contributed by atoms with E-state index in [1.807, 2.05) is 0 Å². The van der Waals surface area contributed by atoms with E-state index in [2.05, 4.69) is 5.32 Å². The molecule has 0 aliphatic heterocycles. The predicted octanol–water partition coefficient (Wildman–Crippen LogP) is 2.05. The Morgan fingerprint density at radius 3 is 2.36 bits per heavy atom. The molecule has 2 aromatic rings. The first-order chi connectivity index (χ1) is 12.0. The third-order valence-corrected chi connectivity index (χ3v) is 4.40. The number of nitrogens with one attached hydrogen (secondary N) is 1. The maximum absolute atomic E-state index is 12.9. The van der Waals surface area contributed by atoms with Crippen LogP contribution < -0.4 is 21.5 Å². The maximum atomic E-state index is 12.9. The van der Waals surface area contributed by atoms with Crippen molar-refractivity contribution in [3.8, 4) is 5.75 Å². The Morgan fingerprint density at radius 1 is 1.16 bits per heavy atom. The van der Waals surface area contributed by atoms with Crippen LogP contribution in [0.25, 0.3) is 0 Å². The first-order valence-corrected chi connectivity index (χ1v) is 8.85. The van der Waals surface area contributed by atoms with E-state index in [0.29, 0.717) is 23.6 Å². The molecule has 25 heavy (non-hydrogen) atoms. The Kier molecular flexibility index (Phi) is 7.16. The number of rotatable bonds is 8. The van der Waals surface area contributed by atoms with Crippen LogP contribution >= 0.6 is 8.38 Å². The van der Waals surface area contributed by atoms with Gasteiger partial charge in [-0.05, 0) is 35.4 Å². The Bertz CT molecular complexity index is 693. The van der Waals surface area contributed by atoms with Gasteiger partial charge in [-0.2, -0.15) is 0 Å². The summed E-state index contributed by atoms with van der Waals surface area (Å²) in [6.07, 6.45) is 1.27. The number of nitrogens with two attached hydrogens (primary N) is 2. The van der Waals surface area contributed by atoms with Crippen LogP contribution in [-0.2, 0) is 6.54 Å². The zero-order valence-corrected chi connectivity index (χ0v) is 14.4. The van der Waals surface area contributed by atoms with Gasteiger partial charge < -0.3 is 26.0 Å². The van der Waals surface area contributed by atoms with Gasteiger partial charge in [0.2, 0.25) is 0 Å². The largest absolute Gasteiger partial charge is 0.487 e. The smallest absolute Gasteiger partial charge is 0.188 e. The highest BCUT2D eigenvalue weighted by molar-refractivity contribution is 7.45. The minimum absolute atomic E-state index is 0.175. The number of hydrogen-bond acceptors (Lipinski definition) is 6.